The SMILES string of the molecule is O=C(CN1CCOC(Cn2cncn2)C1)N1CCOC2CCCCC21. The summed E-state index contributed by atoms with van der Waals surface area (Å²) in [5.74, 6) is 0.238. The van der Waals surface area contributed by atoms with Gasteiger partial charge in [0.2, 0.25) is 5.91 Å². The average Bonchev–Trinajstić information content (AvgIpc) is 3.14. The maximum Gasteiger partial charge on any atom is 0.237 e. The third-order valence-corrected chi connectivity index (χ3v) is 5.49. The van der Waals surface area contributed by atoms with Crippen molar-refractivity contribution in [2.75, 3.05) is 39.4 Å². The minimum atomic E-state index is 0.0513. The van der Waals surface area contributed by atoms with Crippen molar-refractivity contribution in [3.05, 3.63) is 12.7 Å². The quantitative estimate of drug-likeness (QED) is 0.770. The standard InChI is InChI=1S/C17H27N5O3/c23-17(22-6-8-25-16-4-2-1-3-15(16)22)11-20-5-7-24-14(9-20)10-21-13-18-12-19-21/h12-16H,1-11H2. The molecule has 2 aliphatic heterocycles. The minimum Gasteiger partial charge on any atom is -0.374 e. The lowest BCUT2D eigenvalue weighted by Crippen LogP contribution is -2.57. The number of morpholine rings is 2. The first kappa shape index (κ1) is 16.9. The van der Waals surface area contributed by atoms with Crippen LogP contribution >= 0.6 is 0 Å². The summed E-state index contributed by atoms with van der Waals surface area (Å²) in [7, 11) is 0. The summed E-state index contributed by atoms with van der Waals surface area (Å²) in [5.41, 5.74) is 0. The predicted molar refractivity (Wildman–Crippen MR) is 89.9 cm³/mol. The van der Waals surface area contributed by atoms with Crippen molar-refractivity contribution in [1.29, 1.82) is 0 Å². The van der Waals surface area contributed by atoms with Crippen molar-refractivity contribution >= 4 is 5.91 Å². The van der Waals surface area contributed by atoms with Crippen molar-refractivity contribution < 1.29 is 14.3 Å². The fourth-order valence-corrected chi connectivity index (χ4v) is 4.26. The number of rotatable bonds is 4. The Balaban J connectivity index is 1.32. The van der Waals surface area contributed by atoms with Crippen molar-refractivity contribution in [2.24, 2.45) is 0 Å². The van der Waals surface area contributed by atoms with E-state index in [1.54, 1.807) is 11.0 Å². The van der Waals surface area contributed by atoms with Gasteiger partial charge in [0.05, 0.1) is 44.6 Å². The van der Waals surface area contributed by atoms with E-state index in [-0.39, 0.29) is 24.2 Å². The molecular weight excluding hydrogens is 322 g/mol. The van der Waals surface area contributed by atoms with Crippen LogP contribution in [0.15, 0.2) is 12.7 Å². The topological polar surface area (TPSA) is 72.7 Å². The molecule has 1 aromatic heterocycles. The second kappa shape index (κ2) is 7.80. The van der Waals surface area contributed by atoms with Gasteiger partial charge in [-0.1, -0.05) is 12.8 Å². The molecule has 3 atom stereocenters. The van der Waals surface area contributed by atoms with Crippen LogP contribution in [0.1, 0.15) is 25.7 Å². The van der Waals surface area contributed by atoms with Crippen LogP contribution in [0, 0.1) is 0 Å². The number of hydrogen-bond acceptors (Lipinski definition) is 6. The highest BCUT2D eigenvalue weighted by molar-refractivity contribution is 5.78. The molecule has 1 aromatic rings. The maximum absolute atomic E-state index is 12.9. The predicted octanol–water partition coefficient (Wildman–Crippen LogP) is 0.149. The van der Waals surface area contributed by atoms with Gasteiger partial charge in [-0.05, 0) is 12.8 Å². The third-order valence-electron chi connectivity index (χ3n) is 5.49. The molecule has 8 heteroatoms. The number of fused-ring (bicyclic) bond motifs is 1. The molecule has 1 aliphatic carbocycles. The summed E-state index contributed by atoms with van der Waals surface area (Å²) >= 11 is 0. The van der Waals surface area contributed by atoms with Gasteiger partial charge in [0.25, 0.3) is 0 Å². The Kier molecular flexibility index (Phi) is 5.28. The highest BCUT2D eigenvalue weighted by Gasteiger charge is 2.37. The summed E-state index contributed by atoms with van der Waals surface area (Å²) < 4.78 is 13.5. The van der Waals surface area contributed by atoms with Crippen LogP contribution in [0.2, 0.25) is 0 Å². The van der Waals surface area contributed by atoms with Crippen molar-refractivity contribution in [3.63, 3.8) is 0 Å². The van der Waals surface area contributed by atoms with Gasteiger partial charge in [-0.2, -0.15) is 5.10 Å². The Morgan fingerprint density at radius 1 is 1.16 bits per heavy atom. The smallest absolute Gasteiger partial charge is 0.237 e. The number of aromatic nitrogens is 3. The first-order valence-corrected chi connectivity index (χ1v) is 9.37. The van der Waals surface area contributed by atoms with E-state index in [1.165, 1.54) is 19.2 Å². The molecule has 3 aliphatic rings. The lowest BCUT2D eigenvalue weighted by atomic mass is 9.90. The van der Waals surface area contributed by atoms with Gasteiger partial charge in [0.15, 0.2) is 0 Å². The molecule has 0 N–H and O–H groups in total. The zero-order valence-corrected chi connectivity index (χ0v) is 14.6. The maximum atomic E-state index is 12.9. The molecule has 4 rings (SSSR count). The highest BCUT2D eigenvalue weighted by Crippen LogP contribution is 2.28. The molecule has 0 radical (unpaired) electrons. The lowest BCUT2D eigenvalue weighted by Gasteiger charge is -2.44. The number of carbonyl (C=O) groups excluding carboxylic acids is 1. The Labute approximate surface area is 148 Å². The van der Waals surface area contributed by atoms with E-state index in [0.29, 0.717) is 26.3 Å². The fourth-order valence-electron chi connectivity index (χ4n) is 4.26. The van der Waals surface area contributed by atoms with Crippen LogP contribution in [0.4, 0.5) is 0 Å². The second-order valence-electron chi connectivity index (χ2n) is 7.19. The number of ether oxygens (including phenoxy) is 2. The van der Waals surface area contributed by atoms with Gasteiger partial charge < -0.3 is 14.4 Å². The van der Waals surface area contributed by atoms with E-state index in [0.717, 1.165) is 32.5 Å². The van der Waals surface area contributed by atoms with Crippen molar-refractivity contribution in [1.82, 2.24) is 24.6 Å². The van der Waals surface area contributed by atoms with Crippen LogP contribution in [-0.2, 0) is 20.8 Å². The molecule has 3 unspecified atom stereocenters. The molecule has 0 aromatic carbocycles. The van der Waals surface area contributed by atoms with Gasteiger partial charge in [-0.3, -0.25) is 14.4 Å². The van der Waals surface area contributed by atoms with Crippen LogP contribution < -0.4 is 0 Å². The second-order valence-corrected chi connectivity index (χ2v) is 7.19. The van der Waals surface area contributed by atoms with Crippen LogP contribution in [0.5, 0.6) is 0 Å². The zero-order valence-electron chi connectivity index (χ0n) is 14.6. The number of carbonyl (C=O) groups is 1. The van der Waals surface area contributed by atoms with Crippen LogP contribution in [0.3, 0.4) is 0 Å². The number of amides is 1. The Hall–Kier alpha value is -1.51. The molecule has 2 saturated heterocycles. The summed E-state index contributed by atoms with van der Waals surface area (Å²) in [6.07, 6.45) is 8.11. The lowest BCUT2D eigenvalue weighted by molar-refractivity contribution is -0.152. The fraction of sp³-hybridized carbons (Fsp3) is 0.824. The first-order valence-electron chi connectivity index (χ1n) is 9.37. The molecule has 0 bridgehead atoms. The van der Waals surface area contributed by atoms with E-state index in [9.17, 15) is 4.79 Å². The van der Waals surface area contributed by atoms with Crippen molar-refractivity contribution in [3.8, 4) is 0 Å². The minimum absolute atomic E-state index is 0.0513. The van der Waals surface area contributed by atoms with E-state index in [2.05, 4.69) is 19.9 Å². The van der Waals surface area contributed by atoms with Crippen LogP contribution in [-0.4, -0.2) is 88.1 Å². The van der Waals surface area contributed by atoms with Crippen molar-refractivity contribution in [2.45, 2.75) is 50.5 Å². The number of hydrogen-bond donors (Lipinski definition) is 0. The molecule has 1 amide bonds. The third kappa shape index (κ3) is 4.02. The molecule has 3 fully saturated rings. The Morgan fingerprint density at radius 3 is 2.92 bits per heavy atom. The van der Waals surface area contributed by atoms with Gasteiger partial charge in [0, 0.05) is 19.6 Å². The summed E-state index contributed by atoms with van der Waals surface area (Å²) in [4.78, 5) is 21.2. The first-order chi connectivity index (χ1) is 12.3. The van der Waals surface area contributed by atoms with E-state index in [4.69, 9.17) is 9.47 Å². The van der Waals surface area contributed by atoms with Gasteiger partial charge in [-0.15, -0.1) is 0 Å². The molecule has 1 saturated carbocycles. The Bertz CT molecular complexity index is 565. The molecular formula is C17H27N5O3. The largest absolute Gasteiger partial charge is 0.374 e. The summed E-state index contributed by atoms with van der Waals surface area (Å²) in [6, 6.07) is 0.280. The number of nitrogens with zero attached hydrogens (tertiary/aromatic N) is 5. The molecule has 3 heterocycles. The average molecular weight is 349 g/mol. The monoisotopic (exact) mass is 349 g/mol. The zero-order chi connectivity index (χ0) is 17.1. The van der Waals surface area contributed by atoms with E-state index >= 15 is 0 Å². The van der Waals surface area contributed by atoms with Gasteiger partial charge in [0.1, 0.15) is 12.7 Å². The molecule has 8 nitrogen and oxygen atoms in total. The van der Waals surface area contributed by atoms with E-state index < -0.39 is 0 Å². The summed E-state index contributed by atoms with van der Waals surface area (Å²) in [6.45, 7) is 4.76. The highest BCUT2D eigenvalue weighted by atomic mass is 16.5. The van der Waals surface area contributed by atoms with E-state index in [1.807, 2.05) is 0 Å². The molecule has 138 valence electrons. The van der Waals surface area contributed by atoms with Crippen LogP contribution in [0.25, 0.3) is 0 Å². The van der Waals surface area contributed by atoms with Gasteiger partial charge in [-0.25, -0.2) is 4.98 Å². The molecule has 25 heavy (non-hydrogen) atoms. The normalized spacial score (nSPS) is 30.9. The Morgan fingerprint density at radius 2 is 2.04 bits per heavy atom. The van der Waals surface area contributed by atoms with Gasteiger partial charge >= 0.3 is 0 Å². The summed E-state index contributed by atoms with van der Waals surface area (Å²) in [5, 5.41) is 4.13. The molecule has 0 spiro atoms.